The molecule has 0 aliphatic carbocycles. The Bertz CT molecular complexity index is 531. The Hall–Kier alpha value is -0.903. The number of rotatable bonds is 8. The normalized spacial score (nSPS) is 13.3. The SMILES string of the molecule is C[C@@H](CBr)COCC(C)(C)[SiH](c1ccccc1)c1ccccc1. The summed E-state index contributed by atoms with van der Waals surface area (Å²) in [4.78, 5) is 0. The molecule has 124 valence electrons. The van der Waals surface area contributed by atoms with Crippen LogP contribution in [-0.4, -0.2) is 27.3 Å². The molecule has 0 saturated carbocycles. The van der Waals surface area contributed by atoms with E-state index in [0.717, 1.165) is 18.5 Å². The van der Waals surface area contributed by atoms with Crippen LogP contribution in [0, 0.1) is 5.92 Å². The first-order chi connectivity index (χ1) is 11.0. The average molecular weight is 391 g/mol. The van der Waals surface area contributed by atoms with E-state index in [-0.39, 0.29) is 5.04 Å². The molecular formula is C20H27BrOSi. The number of alkyl halides is 1. The van der Waals surface area contributed by atoms with Gasteiger partial charge in [0, 0.05) is 18.5 Å². The van der Waals surface area contributed by atoms with Crippen molar-refractivity contribution in [1.29, 1.82) is 0 Å². The molecule has 0 aromatic heterocycles. The molecule has 0 aliphatic heterocycles. The van der Waals surface area contributed by atoms with E-state index >= 15 is 0 Å². The Labute approximate surface area is 150 Å². The predicted molar refractivity (Wildman–Crippen MR) is 107 cm³/mol. The monoisotopic (exact) mass is 390 g/mol. The van der Waals surface area contributed by atoms with Gasteiger partial charge in [-0.05, 0) is 11.0 Å². The fourth-order valence-electron chi connectivity index (χ4n) is 3.04. The number of hydrogen-bond donors (Lipinski definition) is 0. The van der Waals surface area contributed by atoms with Gasteiger partial charge in [0.1, 0.15) is 8.80 Å². The molecule has 3 heteroatoms. The smallest absolute Gasteiger partial charge is 0.110 e. The van der Waals surface area contributed by atoms with E-state index in [1.165, 1.54) is 10.4 Å². The van der Waals surface area contributed by atoms with Crippen molar-refractivity contribution in [3.63, 3.8) is 0 Å². The second-order valence-corrected chi connectivity index (χ2v) is 11.4. The highest BCUT2D eigenvalue weighted by Gasteiger charge is 2.34. The number of ether oxygens (including phenoxy) is 1. The highest BCUT2D eigenvalue weighted by atomic mass is 79.9. The highest BCUT2D eigenvalue weighted by molar-refractivity contribution is 9.09. The third-order valence-electron chi connectivity index (χ3n) is 4.19. The molecule has 2 rings (SSSR count). The van der Waals surface area contributed by atoms with E-state index < -0.39 is 8.80 Å². The lowest BCUT2D eigenvalue weighted by molar-refractivity contribution is 0.0937. The summed E-state index contributed by atoms with van der Waals surface area (Å²) in [5.41, 5.74) is 0. The first kappa shape index (κ1) is 18.4. The van der Waals surface area contributed by atoms with Gasteiger partial charge in [-0.3, -0.25) is 0 Å². The van der Waals surface area contributed by atoms with Gasteiger partial charge in [0.15, 0.2) is 0 Å². The van der Waals surface area contributed by atoms with Crippen molar-refractivity contribution in [2.24, 2.45) is 5.92 Å². The van der Waals surface area contributed by atoms with Crippen molar-refractivity contribution in [2.75, 3.05) is 18.5 Å². The predicted octanol–water partition coefficient (Wildman–Crippen LogP) is 3.86. The summed E-state index contributed by atoms with van der Waals surface area (Å²) >= 11 is 3.53. The molecule has 0 bridgehead atoms. The molecule has 23 heavy (non-hydrogen) atoms. The summed E-state index contributed by atoms with van der Waals surface area (Å²) in [5, 5.41) is 4.13. The third-order valence-corrected chi connectivity index (χ3v) is 9.13. The van der Waals surface area contributed by atoms with E-state index in [9.17, 15) is 0 Å². The van der Waals surface area contributed by atoms with Gasteiger partial charge < -0.3 is 4.74 Å². The first-order valence-corrected chi connectivity index (χ1v) is 11.1. The van der Waals surface area contributed by atoms with Gasteiger partial charge in [-0.25, -0.2) is 0 Å². The standard InChI is InChI=1S/C20H27BrOSi/c1-17(14-21)15-22-16-20(2,3)23(18-10-6-4-7-11-18)19-12-8-5-9-13-19/h4-13,17,23H,14-16H2,1-3H3/t17-/m0/s1. The molecule has 0 N–H and O–H groups in total. The zero-order valence-corrected chi connectivity index (χ0v) is 17.1. The lowest BCUT2D eigenvalue weighted by Crippen LogP contribution is -2.51. The molecule has 0 spiro atoms. The summed E-state index contributed by atoms with van der Waals surface area (Å²) in [6.07, 6.45) is 0. The molecular weight excluding hydrogens is 364 g/mol. The average Bonchev–Trinajstić information content (AvgIpc) is 2.56. The summed E-state index contributed by atoms with van der Waals surface area (Å²) < 4.78 is 6.08. The molecule has 0 saturated heterocycles. The van der Waals surface area contributed by atoms with Crippen LogP contribution in [0.3, 0.4) is 0 Å². The maximum atomic E-state index is 6.08. The van der Waals surface area contributed by atoms with E-state index in [2.05, 4.69) is 97.4 Å². The Morgan fingerprint density at radius 1 is 0.957 bits per heavy atom. The third kappa shape index (κ3) is 5.30. The van der Waals surface area contributed by atoms with Crippen LogP contribution < -0.4 is 10.4 Å². The Morgan fingerprint density at radius 2 is 1.43 bits per heavy atom. The molecule has 0 aliphatic rings. The largest absolute Gasteiger partial charge is 0.381 e. The van der Waals surface area contributed by atoms with Crippen LogP contribution in [0.15, 0.2) is 60.7 Å². The van der Waals surface area contributed by atoms with Crippen molar-refractivity contribution < 1.29 is 4.74 Å². The number of hydrogen-bond acceptors (Lipinski definition) is 1. The van der Waals surface area contributed by atoms with Gasteiger partial charge in [0.05, 0.1) is 0 Å². The summed E-state index contributed by atoms with van der Waals surface area (Å²) in [7, 11) is -1.37. The van der Waals surface area contributed by atoms with Crippen LogP contribution in [0.4, 0.5) is 0 Å². The van der Waals surface area contributed by atoms with Gasteiger partial charge in [-0.15, -0.1) is 0 Å². The summed E-state index contributed by atoms with van der Waals surface area (Å²) in [6, 6.07) is 22.0. The van der Waals surface area contributed by atoms with E-state index in [1.54, 1.807) is 0 Å². The van der Waals surface area contributed by atoms with Gasteiger partial charge in [0.25, 0.3) is 0 Å². The Kier molecular flexibility index (Phi) is 7.06. The number of halogens is 1. The maximum Gasteiger partial charge on any atom is 0.110 e. The molecule has 1 nitrogen and oxygen atoms in total. The Balaban J connectivity index is 2.22. The van der Waals surface area contributed by atoms with E-state index in [4.69, 9.17) is 4.74 Å². The number of benzene rings is 2. The second kappa shape index (κ2) is 8.81. The molecule has 2 aromatic carbocycles. The minimum absolute atomic E-state index is 0.161. The lowest BCUT2D eigenvalue weighted by atomic mass is 10.2. The van der Waals surface area contributed by atoms with Gasteiger partial charge in [-0.1, -0.05) is 108 Å². The molecule has 2 aromatic rings. The lowest BCUT2D eigenvalue weighted by Gasteiger charge is -2.34. The zero-order valence-electron chi connectivity index (χ0n) is 14.3. The molecule has 0 heterocycles. The van der Waals surface area contributed by atoms with E-state index in [0.29, 0.717) is 5.92 Å². The van der Waals surface area contributed by atoms with E-state index in [1.807, 2.05) is 0 Å². The quantitative estimate of drug-likeness (QED) is 0.491. The fraction of sp³-hybridized carbons (Fsp3) is 0.400. The highest BCUT2D eigenvalue weighted by Crippen LogP contribution is 2.29. The van der Waals surface area contributed by atoms with Gasteiger partial charge in [-0.2, -0.15) is 0 Å². The molecule has 0 unspecified atom stereocenters. The van der Waals surface area contributed by atoms with Crippen LogP contribution in [0.1, 0.15) is 20.8 Å². The minimum atomic E-state index is -1.37. The topological polar surface area (TPSA) is 9.23 Å². The second-order valence-electron chi connectivity index (χ2n) is 7.02. The van der Waals surface area contributed by atoms with Crippen molar-refractivity contribution in [3.05, 3.63) is 60.7 Å². The zero-order chi connectivity index (χ0) is 16.7. The molecule has 0 radical (unpaired) electrons. The fourth-order valence-corrected chi connectivity index (χ4v) is 6.91. The first-order valence-electron chi connectivity index (χ1n) is 8.28. The molecule has 0 amide bonds. The molecule has 1 atom stereocenters. The minimum Gasteiger partial charge on any atom is -0.381 e. The van der Waals surface area contributed by atoms with Crippen LogP contribution in [0.25, 0.3) is 0 Å². The van der Waals surface area contributed by atoms with Crippen molar-refractivity contribution in [1.82, 2.24) is 0 Å². The van der Waals surface area contributed by atoms with Crippen LogP contribution in [0.5, 0.6) is 0 Å². The van der Waals surface area contributed by atoms with Crippen molar-refractivity contribution in [3.8, 4) is 0 Å². The van der Waals surface area contributed by atoms with Crippen LogP contribution >= 0.6 is 15.9 Å². The van der Waals surface area contributed by atoms with Crippen LogP contribution in [-0.2, 0) is 4.74 Å². The van der Waals surface area contributed by atoms with Gasteiger partial charge in [0.2, 0.25) is 0 Å². The molecule has 0 fully saturated rings. The van der Waals surface area contributed by atoms with Gasteiger partial charge >= 0.3 is 0 Å². The maximum absolute atomic E-state index is 6.08. The van der Waals surface area contributed by atoms with Crippen molar-refractivity contribution >= 4 is 35.1 Å². The van der Waals surface area contributed by atoms with Crippen LogP contribution in [0.2, 0.25) is 5.04 Å². The Morgan fingerprint density at radius 3 is 1.87 bits per heavy atom. The summed E-state index contributed by atoms with van der Waals surface area (Å²) in [5.74, 6) is 0.555. The summed E-state index contributed by atoms with van der Waals surface area (Å²) in [6.45, 7) is 8.57. The van der Waals surface area contributed by atoms with Crippen molar-refractivity contribution in [2.45, 2.75) is 25.8 Å².